The molecule has 1 aromatic carbocycles. The monoisotopic (exact) mass is 312 g/mol. The summed E-state index contributed by atoms with van der Waals surface area (Å²) < 4.78 is 6.66. The molecule has 0 aromatic heterocycles. The van der Waals surface area contributed by atoms with Crippen LogP contribution in [0.1, 0.15) is 25.3 Å². The molecule has 1 aromatic rings. The predicted octanol–water partition coefficient (Wildman–Crippen LogP) is 3.03. The van der Waals surface area contributed by atoms with Crippen molar-refractivity contribution in [2.45, 2.75) is 31.9 Å². The van der Waals surface area contributed by atoms with Crippen LogP contribution in [0.4, 0.5) is 5.69 Å². The highest BCUT2D eigenvalue weighted by Crippen LogP contribution is 2.26. The number of ether oxygens (including phenoxy) is 1. The molecule has 1 atom stereocenters. The topological polar surface area (TPSA) is 38.5 Å². The summed E-state index contributed by atoms with van der Waals surface area (Å²) in [7, 11) is 1.81. The van der Waals surface area contributed by atoms with Crippen LogP contribution >= 0.6 is 15.9 Å². The van der Waals surface area contributed by atoms with E-state index in [1.165, 1.54) is 12.0 Å². The summed E-state index contributed by atoms with van der Waals surface area (Å²) in [4.78, 5) is 2.44. The molecule has 0 amide bonds. The molecule has 0 aliphatic carbocycles. The second-order valence-electron chi connectivity index (χ2n) is 5.36. The van der Waals surface area contributed by atoms with Crippen LogP contribution in [0.5, 0.6) is 0 Å². The van der Waals surface area contributed by atoms with E-state index in [9.17, 15) is 0 Å². The first kappa shape index (κ1) is 13.8. The van der Waals surface area contributed by atoms with Gasteiger partial charge in [-0.25, -0.2) is 0 Å². The molecule has 0 spiro atoms. The van der Waals surface area contributed by atoms with E-state index < -0.39 is 0 Å². The van der Waals surface area contributed by atoms with Crippen LogP contribution in [0.15, 0.2) is 22.7 Å². The molecule has 1 heterocycles. The molecule has 0 saturated carbocycles. The first-order valence-electron chi connectivity index (χ1n) is 6.33. The first-order valence-corrected chi connectivity index (χ1v) is 7.12. The lowest BCUT2D eigenvalue weighted by molar-refractivity contribution is -0.0526. The second-order valence-corrected chi connectivity index (χ2v) is 6.28. The minimum absolute atomic E-state index is 0.00416. The van der Waals surface area contributed by atoms with Crippen LogP contribution in [0.25, 0.3) is 0 Å². The van der Waals surface area contributed by atoms with E-state index in [0.717, 1.165) is 36.2 Å². The van der Waals surface area contributed by atoms with Crippen molar-refractivity contribution in [1.82, 2.24) is 4.90 Å². The highest BCUT2D eigenvalue weighted by Gasteiger charge is 2.30. The standard InChI is InChI=1S/C14H21BrN2O/c1-14(18-2)4-3-5-17(10-14)9-11-6-12(15)8-13(16)7-11/h6-8H,3-5,9-10,16H2,1-2H3. The van der Waals surface area contributed by atoms with Crippen molar-refractivity contribution in [3.05, 3.63) is 28.2 Å². The van der Waals surface area contributed by atoms with Crippen molar-refractivity contribution < 1.29 is 4.74 Å². The number of anilines is 1. The van der Waals surface area contributed by atoms with Gasteiger partial charge in [0.05, 0.1) is 5.60 Å². The SMILES string of the molecule is COC1(C)CCCN(Cc2cc(N)cc(Br)c2)C1. The number of benzene rings is 1. The predicted molar refractivity (Wildman–Crippen MR) is 78.5 cm³/mol. The van der Waals surface area contributed by atoms with Crippen molar-refractivity contribution in [1.29, 1.82) is 0 Å². The molecule has 1 aliphatic rings. The fourth-order valence-corrected chi connectivity index (χ4v) is 3.19. The van der Waals surface area contributed by atoms with E-state index in [1.807, 2.05) is 12.1 Å². The molecule has 3 nitrogen and oxygen atoms in total. The molecular formula is C14H21BrN2O. The van der Waals surface area contributed by atoms with Gasteiger partial charge in [-0.1, -0.05) is 15.9 Å². The Balaban J connectivity index is 2.04. The van der Waals surface area contributed by atoms with Gasteiger partial charge in [0.1, 0.15) is 0 Å². The van der Waals surface area contributed by atoms with Crippen LogP contribution < -0.4 is 5.73 Å². The molecule has 18 heavy (non-hydrogen) atoms. The van der Waals surface area contributed by atoms with Crippen molar-refractivity contribution in [2.24, 2.45) is 0 Å². The van der Waals surface area contributed by atoms with Gasteiger partial charge in [0, 0.05) is 30.4 Å². The number of rotatable bonds is 3. The minimum atomic E-state index is -0.00416. The molecule has 100 valence electrons. The zero-order chi connectivity index (χ0) is 13.2. The van der Waals surface area contributed by atoms with E-state index in [1.54, 1.807) is 7.11 Å². The maximum Gasteiger partial charge on any atom is 0.0777 e. The molecule has 1 saturated heterocycles. The van der Waals surface area contributed by atoms with Gasteiger partial charge < -0.3 is 10.5 Å². The van der Waals surface area contributed by atoms with Crippen molar-refractivity contribution in [3.8, 4) is 0 Å². The average molecular weight is 313 g/mol. The maximum atomic E-state index is 5.87. The Labute approximate surface area is 117 Å². The summed E-state index contributed by atoms with van der Waals surface area (Å²) in [6.45, 7) is 5.23. The Hall–Kier alpha value is -0.580. The Morgan fingerprint density at radius 2 is 2.22 bits per heavy atom. The normalized spacial score (nSPS) is 25.3. The number of halogens is 1. The number of hydrogen-bond donors (Lipinski definition) is 1. The van der Waals surface area contributed by atoms with Crippen LogP contribution in [-0.4, -0.2) is 30.7 Å². The fourth-order valence-electron chi connectivity index (χ4n) is 2.63. The van der Waals surface area contributed by atoms with Gasteiger partial charge in [-0.3, -0.25) is 4.90 Å². The number of likely N-dealkylation sites (tertiary alicyclic amines) is 1. The first-order chi connectivity index (χ1) is 8.50. The van der Waals surface area contributed by atoms with Gasteiger partial charge in [-0.05, 0) is 50.1 Å². The number of methoxy groups -OCH3 is 1. The average Bonchev–Trinajstić information content (AvgIpc) is 2.27. The number of nitrogens with two attached hydrogens (primary N) is 1. The quantitative estimate of drug-likeness (QED) is 0.872. The molecular weight excluding hydrogens is 292 g/mol. The summed E-state index contributed by atoms with van der Waals surface area (Å²) in [5.74, 6) is 0. The third-order valence-electron chi connectivity index (χ3n) is 3.62. The summed E-state index contributed by atoms with van der Waals surface area (Å²) in [5, 5.41) is 0. The van der Waals surface area contributed by atoms with Crippen LogP contribution in [0.2, 0.25) is 0 Å². The number of hydrogen-bond acceptors (Lipinski definition) is 3. The molecule has 1 aliphatic heterocycles. The second kappa shape index (κ2) is 5.59. The van der Waals surface area contributed by atoms with Crippen molar-refractivity contribution >= 4 is 21.6 Å². The van der Waals surface area contributed by atoms with Gasteiger partial charge in [-0.15, -0.1) is 0 Å². The third-order valence-corrected chi connectivity index (χ3v) is 4.07. The summed E-state index contributed by atoms with van der Waals surface area (Å²) in [6.07, 6.45) is 2.33. The molecule has 0 radical (unpaired) electrons. The van der Waals surface area contributed by atoms with Gasteiger partial charge in [0.15, 0.2) is 0 Å². The summed E-state index contributed by atoms with van der Waals surface area (Å²) in [5.41, 5.74) is 7.93. The van der Waals surface area contributed by atoms with Crippen LogP contribution in [0, 0.1) is 0 Å². The Bertz CT molecular complexity index is 404. The number of piperidine rings is 1. The number of nitrogen functional groups attached to an aromatic ring is 1. The van der Waals surface area contributed by atoms with E-state index in [0.29, 0.717) is 0 Å². The van der Waals surface area contributed by atoms with Gasteiger partial charge in [-0.2, -0.15) is 0 Å². The lowest BCUT2D eigenvalue weighted by atomic mass is 9.94. The largest absolute Gasteiger partial charge is 0.399 e. The maximum absolute atomic E-state index is 5.87. The summed E-state index contributed by atoms with van der Waals surface area (Å²) in [6, 6.07) is 6.11. The van der Waals surface area contributed by atoms with Crippen LogP contribution in [-0.2, 0) is 11.3 Å². The van der Waals surface area contributed by atoms with E-state index in [2.05, 4.69) is 33.8 Å². The Kier molecular flexibility index (Phi) is 4.30. The Morgan fingerprint density at radius 3 is 2.89 bits per heavy atom. The molecule has 4 heteroatoms. The highest BCUT2D eigenvalue weighted by molar-refractivity contribution is 9.10. The smallest absolute Gasteiger partial charge is 0.0777 e. The van der Waals surface area contributed by atoms with E-state index in [-0.39, 0.29) is 5.60 Å². The zero-order valence-corrected chi connectivity index (χ0v) is 12.7. The van der Waals surface area contributed by atoms with Crippen LogP contribution in [0.3, 0.4) is 0 Å². The molecule has 1 fully saturated rings. The van der Waals surface area contributed by atoms with Gasteiger partial charge in [0.25, 0.3) is 0 Å². The third kappa shape index (κ3) is 3.46. The molecule has 2 N–H and O–H groups in total. The van der Waals surface area contributed by atoms with E-state index in [4.69, 9.17) is 10.5 Å². The highest BCUT2D eigenvalue weighted by atomic mass is 79.9. The van der Waals surface area contributed by atoms with Gasteiger partial charge in [0.2, 0.25) is 0 Å². The van der Waals surface area contributed by atoms with E-state index >= 15 is 0 Å². The van der Waals surface area contributed by atoms with Gasteiger partial charge >= 0.3 is 0 Å². The zero-order valence-electron chi connectivity index (χ0n) is 11.1. The lowest BCUT2D eigenvalue weighted by Crippen LogP contribution is -2.46. The minimum Gasteiger partial charge on any atom is -0.399 e. The number of nitrogens with zero attached hydrogens (tertiary/aromatic N) is 1. The Morgan fingerprint density at radius 1 is 1.44 bits per heavy atom. The molecule has 1 unspecified atom stereocenters. The molecule has 0 bridgehead atoms. The fraction of sp³-hybridized carbons (Fsp3) is 0.571. The van der Waals surface area contributed by atoms with Crippen molar-refractivity contribution in [2.75, 3.05) is 25.9 Å². The van der Waals surface area contributed by atoms with Crippen molar-refractivity contribution in [3.63, 3.8) is 0 Å². The molecule has 2 rings (SSSR count). The summed E-state index contributed by atoms with van der Waals surface area (Å²) >= 11 is 3.49. The lowest BCUT2D eigenvalue weighted by Gasteiger charge is -2.39.